The number of rotatable bonds is 3. The van der Waals surface area contributed by atoms with Gasteiger partial charge >= 0.3 is 0 Å². The number of hydrogen-bond acceptors (Lipinski definition) is 2. The molecule has 0 amide bonds. The van der Waals surface area contributed by atoms with E-state index in [-0.39, 0.29) is 0 Å². The summed E-state index contributed by atoms with van der Waals surface area (Å²) in [5.74, 6) is 0.811. The van der Waals surface area contributed by atoms with Gasteiger partial charge in [0.15, 0.2) is 0 Å². The monoisotopic (exact) mass is 184 g/mol. The molecule has 1 N–H and O–H groups in total. The van der Waals surface area contributed by atoms with Gasteiger partial charge in [0.05, 0.1) is 0 Å². The third-order valence-corrected chi connectivity index (χ3v) is 2.80. The zero-order valence-electron chi connectivity index (χ0n) is 9.51. The molecule has 1 atom stereocenters. The molecule has 2 heteroatoms. The molecule has 2 nitrogen and oxygen atoms in total. The van der Waals surface area contributed by atoms with Gasteiger partial charge in [-0.05, 0) is 26.2 Å². The molecule has 1 rings (SSSR count). The molecular formula is C11H24N2. The SMILES string of the molecule is CC(C)CC1CNCCN1C(C)C. The van der Waals surface area contributed by atoms with Gasteiger partial charge in [-0.3, -0.25) is 4.90 Å². The quantitative estimate of drug-likeness (QED) is 0.718. The molecular weight excluding hydrogens is 160 g/mol. The topological polar surface area (TPSA) is 15.3 Å². The van der Waals surface area contributed by atoms with Crippen LogP contribution in [0.1, 0.15) is 34.1 Å². The van der Waals surface area contributed by atoms with Gasteiger partial charge in [0.2, 0.25) is 0 Å². The molecule has 1 fully saturated rings. The average molecular weight is 184 g/mol. The second kappa shape index (κ2) is 4.97. The van der Waals surface area contributed by atoms with Crippen LogP contribution < -0.4 is 5.32 Å². The number of piperazine rings is 1. The highest BCUT2D eigenvalue weighted by Gasteiger charge is 2.24. The van der Waals surface area contributed by atoms with Gasteiger partial charge in [-0.25, -0.2) is 0 Å². The molecule has 0 aliphatic carbocycles. The minimum atomic E-state index is 0.700. The van der Waals surface area contributed by atoms with E-state index in [2.05, 4.69) is 37.9 Å². The van der Waals surface area contributed by atoms with Gasteiger partial charge in [0.1, 0.15) is 0 Å². The summed E-state index contributed by atoms with van der Waals surface area (Å²) in [7, 11) is 0. The van der Waals surface area contributed by atoms with Crippen LogP contribution in [-0.4, -0.2) is 36.6 Å². The Morgan fingerprint density at radius 1 is 1.31 bits per heavy atom. The van der Waals surface area contributed by atoms with Crippen LogP contribution in [0.25, 0.3) is 0 Å². The first-order valence-corrected chi connectivity index (χ1v) is 5.57. The largest absolute Gasteiger partial charge is 0.314 e. The third kappa shape index (κ3) is 3.28. The minimum Gasteiger partial charge on any atom is -0.314 e. The Morgan fingerprint density at radius 2 is 2.00 bits per heavy atom. The van der Waals surface area contributed by atoms with E-state index < -0.39 is 0 Å². The maximum atomic E-state index is 3.48. The van der Waals surface area contributed by atoms with Gasteiger partial charge in [0, 0.05) is 31.7 Å². The lowest BCUT2D eigenvalue weighted by molar-refractivity contribution is 0.108. The van der Waals surface area contributed by atoms with Crippen molar-refractivity contribution in [3.63, 3.8) is 0 Å². The van der Waals surface area contributed by atoms with E-state index in [4.69, 9.17) is 0 Å². The van der Waals surface area contributed by atoms with Crippen LogP contribution in [0.2, 0.25) is 0 Å². The molecule has 1 aliphatic heterocycles. The Bertz CT molecular complexity index is 143. The normalized spacial score (nSPS) is 25.8. The first-order chi connectivity index (χ1) is 6.11. The summed E-state index contributed by atoms with van der Waals surface area (Å²) < 4.78 is 0. The van der Waals surface area contributed by atoms with Crippen molar-refractivity contribution in [1.29, 1.82) is 0 Å². The summed E-state index contributed by atoms with van der Waals surface area (Å²) in [6, 6.07) is 1.46. The molecule has 0 aromatic carbocycles. The first-order valence-electron chi connectivity index (χ1n) is 5.57. The summed E-state index contributed by atoms with van der Waals surface area (Å²) in [5, 5.41) is 3.48. The van der Waals surface area contributed by atoms with Crippen LogP contribution in [0.4, 0.5) is 0 Å². The molecule has 0 aromatic heterocycles. The molecule has 0 aromatic rings. The zero-order chi connectivity index (χ0) is 9.84. The van der Waals surface area contributed by atoms with E-state index in [0.29, 0.717) is 6.04 Å². The van der Waals surface area contributed by atoms with E-state index in [0.717, 1.165) is 18.5 Å². The molecule has 78 valence electrons. The Labute approximate surface area is 82.7 Å². The molecule has 1 heterocycles. The predicted octanol–water partition coefficient (Wildman–Crippen LogP) is 1.71. The van der Waals surface area contributed by atoms with Crippen LogP contribution in [0.5, 0.6) is 0 Å². The lowest BCUT2D eigenvalue weighted by Crippen LogP contribution is -2.54. The molecule has 1 unspecified atom stereocenters. The Hall–Kier alpha value is -0.0800. The van der Waals surface area contributed by atoms with E-state index in [1.54, 1.807) is 0 Å². The standard InChI is InChI=1S/C11H24N2/c1-9(2)7-11-8-12-5-6-13(11)10(3)4/h9-12H,5-8H2,1-4H3. The average Bonchev–Trinajstić information content (AvgIpc) is 2.03. The van der Waals surface area contributed by atoms with Crippen molar-refractivity contribution in [2.45, 2.75) is 46.2 Å². The minimum absolute atomic E-state index is 0.700. The molecule has 13 heavy (non-hydrogen) atoms. The molecule has 1 saturated heterocycles. The maximum absolute atomic E-state index is 3.48. The summed E-state index contributed by atoms with van der Waals surface area (Å²) in [4.78, 5) is 2.64. The van der Waals surface area contributed by atoms with Crippen LogP contribution in [0, 0.1) is 5.92 Å². The van der Waals surface area contributed by atoms with Crippen molar-refractivity contribution in [3.8, 4) is 0 Å². The smallest absolute Gasteiger partial charge is 0.0226 e. The van der Waals surface area contributed by atoms with Gasteiger partial charge in [0.25, 0.3) is 0 Å². The highest BCUT2D eigenvalue weighted by atomic mass is 15.2. The van der Waals surface area contributed by atoms with E-state index in [1.165, 1.54) is 19.5 Å². The van der Waals surface area contributed by atoms with Crippen LogP contribution >= 0.6 is 0 Å². The van der Waals surface area contributed by atoms with Crippen molar-refractivity contribution < 1.29 is 0 Å². The highest BCUT2D eigenvalue weighted by molar-refractivity contribution is 4.82. The van der Waals surface area contributed by atoms with Crippen molar-refractivity contribution in [2.24, 2.45) is 5.92 Å². The van der Waals surface area contributed by atoms with Crippen molar-refractivity contribution in [3.05, 3.63) is 0 Å². The van der Waals surface area contributed by atoms with Crippen LogP contribution in [0.3, 0.4) is 0 Å². The Morgan fingerprint density at radius 3 is 2.54 bits per heavy atom. The van der Waals surface area contributed by atoms with Gasteiger partial charge in [-0.1, -0.05) is 13.8 Å². The lowest BCUT2D eigenvalue weighted by Gasteiger charge is -2.39. The molecule has 0 bridgehead atoms. The Kier molecular flexibility index (Phi) is 4.20. The molecule has 0 radical (unpaired) electrons. The van der Waals surface area contributed by atoms with Gasteiger partial charge in [-0.15, -0.1) is 0 Å². The molecule has 0 saturated carbocycles. The van der Waals surface area contributed by atoms with Gasteiger partial charge in [-0.2, -0.15) is 0 Å². The van der Waals surface area contributed by atoms with Gasteiger partial charge < -0.3 is 5.32 Å². The van der Waals surface area contributed by atoms with Crippen molar-refractivity contribution in [1.82, 2.24) is 10.2 Å². The number of nitrogens with zero attached hydrogens (tertiary/aromatic N) is 1. The fraction of sp³-hybridized carbons (Fsp3) is 1.00. The van der Waals surface area contributed by atoms with E-state index in [9.17, 15) is 0 Å². The zero-order valence-corrected chi connectivity index (χ0v) is 9.51. The summed E-state index contributed by atoms with van der Waals surface area (Å²) in [6.45, 7) is 12.8. The van der Waals surface area contributed by atoms with E-state index >= 15 is 0 Å². The predicted molar refractivity (Wildman–Crippen MR) is 58.0 cm³/mol. The number of hydrogen-bond donors (Lipinski definition) is 1. The number of nitrogens with one attached hydrogen (secondary N) is 1. The van der Waals surface area contributed by atoms with Crippen molar-refractivity contribution >= 4 is 0 Å². The molecule has 1 aliphatic rings. The second-order valence-electron chi connectivity index (χ2n) is 4.82. The first kappa shape index (κ1) is 11.0. The molecule has 0 spiro atoms. The summed E-state index contributed by atoms with van der Waals surface area (Å²) in [5.41, 5.74) is 0. The van der Waals surface area contributed by atoms with Crippen LogP contribution in [0.15, 0.2) is 0 Å². The third-order valence-electron chi connectivity index (χ3n) is 2.80. The van der Waals surface area contributed by atoms with E-state index in [1.807, 2.05) is 0 Å². The van der Waals surface area contributed by atoms with Crippen molar-refractivity contribution in [2.75, 3.05) is 19.6 Å². The fourth-order valence-electron chi connectivity index (χ4n) is 2.22. The Balaban J connectivity index is 2.46. The van der Waals surface area contributed by atoms with Crippen LogP contribution in [-0.2, 0) is 0 Å². The summed E-state index contributed by atoms with van der Waals surface area (Å²) in [6.07, 6.45) is 1.32. The second-order valence-corrected chi connectivity index (χ2v) is 4.82. The maximum Gasteiger partial charge on any atom is 0.0226 e. The lowest BCUT2D eigenvalue weighted by atomic mass is 10.00. The summed E-state index contributed by atoms with van der Waals surface area (Å²) >= 11 is 0. The highest BCUT2D eigenvalue weighted by Crippen LogP contribution is 2.15. The fourth-order valence-corrected chi connectivity index (χ4v) is 2.22.